The molecule has 0 aromatic heterocycles. The van der Waals surface area contributed by atoms with Gasteiger partial charge >= 0.3 is 23.9 Å². The van der Waals surface area contributed by atoms with Crippen LogP contribution in [-0.2, 0) is 16.1 Å². The van der Waals surface area contributed by atoms with Gasteiger partial charge in [-0.2, -0.15) is 26.3 Å². The van der Waals surface area contributed by atoms with Crippen molar-refractivity contribution in [3.8, 4) is 0 Å². The van der Waals surface area contributed by atoms with E-state index in [0.717, 1.165) is 12.0 Å². The van der Waals surface area contributed by atoms with Gasteiger partial charge < -0.3 is 9.84 Å². The standard InChI is InChI=1S/C15H16F6O3/c1-3-9(2)11-6-4-5-10(7-11)8-24-12(22)13(23,14(16,17)18)15(19,20)21/h4-7,9,23H,3,8H2,1-2H3. The number of halogens is 6. The topological polar surface area (TPSA) is 46.5 Å². The number of hydrogen-bond acceptors (Lipinski definition) is 3. The third kappa shape index (κ3) is 4.00. The second kappa shape index (κ2) is 7.00. The molecule has 0 radical (unpaired) electrons. The molecule has 1 aromatic rings. The molecule has 0 saturated heterocycles. The van der Waals surface area contributed by atoms with Gasteiger partial charge in [0.2, 0.25) is 0 Å². The van der Waals surface area contributed by atoms with Crippen LogP contribution in [0.3, 0.4) is 0 Å². The summed E-state index contributed by atoms with van der Waals surface area (Å²) in [6, 6.07) is 6.19. The number of alkyl halides is 6. The number of aliphatic hydroxyl groups is 1. The molecule has 3 nitrogen and oxygen atoms in total. The SMILES string of the molecule is CCC(C)c1cccc(COC(=O)C(O)(C(F)(F)F)C(F)(F)F)c1. The average Bonchev–Trinajstić information content (AvgIpc) is 2.48. The highest BCUT2D eigenvalue weighted by molar-refractivity contribution is 5.81. The molecular formula is C15H16F6O3. The van der Waals surface area contributed by atoms with Gasteiger partial charge in [-0.05, 0) is 23.5 Å². The zero-order valence-corrected chi connectivity index (χ0v) is 12.8. The zero-order chi connectivity index (χ0) is 18.8. The summed E-state index contributed by atoms with van der Waals surface area (Å²) in [6.07, 6.45) is -11.7. The molecule has 0 aliphatic carbocycles. The molecule has 24 heavy (non-hydrogen) atoms. The van der Waals surface area contributed by atoms with E-state index < -0.39 is 30.5 Å². The van der Waals surface area contributed by atoms with E-state index in [4.69, 9.17) is 5.11 Å². The highest BCUT2D eigenvalue weighted by Crippen LogP contribution is 2.43. The Labute approximate surface area is 134 Å². The fourth-order valence-corrected chi connectivity index (χ4v) is 1.87. The summed E-state index contributed by atoms with van der Waals surface area (Å²) in [5.74, 6) is -2.70. The van der Waals surface area contributed by atoms with Crippen molar-refractivity contribution in [2.24, 2.45) is 0 Å². The van der Waals surface area contributed by atoms with Crippen molar-refractivity contribution in [1.29, 1.82) is 0 Å². The van der Waals surface area contributed by atoms with Crippen LogP contribution in [0, 0.1) is 0 Å². The van der Waals surface area contributed by atoms with Crippen molar-refractivity contribution < 1.29 is 41.0 Å². The number of carbonyl (C=O) groups is 1. The van der Waals surface area contributed by atoms with Crippen LogP contribution in [0.4, 0.5) is 26.3 Å². The normalized spacial score (nSPS) is 14.4. The van der Waals surface area contributed by atoms with Crippen LogP contribution in [0.25, 0.3) is 0 Å². The van der Waals surface area contributed by atoms with Crippen LogP contribution in [-0.4, -0.2) is 29.0 Å². The minimum Gasteiger partial charge on any atom is -0.458 e. The summed E-state index contributed by atoms with van der Waals surface area (Å²) in [7, 11) is 0. The predicted molar refractivity (Wildman–Crippen MR) is 72.0 cm³/mol. The lowest BCUT2D eigenvalue weighted by atomic mass is 9.97. The van der Waals surface area contributed by atoms with Crippen LogP contribution in [0.5, 0.6) is 0 Å². The maximum atomic E-state index is 12.5. The second-order valence-corrected chi connectivity index (χ2v) is 5.34. The molecule has 1 rings (SSSR count). The minimum atomic E-state index is -6.25. The van der Waals surface area contributed by atoms with E-state index in [1.54, 1.807) is 12.1 Å². The van der Waals surface area contributed by atoms with Crippen molar-refractivity contribution in [2.75, 3.05) is 0 Å². The largest absolute Gasteiger partial charge is 0.458 e. The lowest BCUT2D eigenvalue weighted by Crippen LogP contribution is -2.62. The van der Waals surface area contributed by atoms with Gasteiger partial charge in [-0.3, -0.25) is 0 Å². The number of benzene rings is 1. The zero-order valence-electron chi connectivity index (χ0n) is 12.8. The van der Waals surface area contributed by atoms with Crippen molar-refractivity contribution in [3.63, 3.8) is 0 Å². The van der Waals surface area contributed by atoms with Crippen molar-refractivity contribution in [3.05, 3.63) is 35.4 Å². The van der Waals surface area contributed by atoms with E-state index in [2.05, 4.69) is 4.74 Å². The molecule has 0 aliphatic rings. The molecule has 0 bridgehead atoms. The van der Waals surface area contributed by atoms with Gasteiger partial charge in [0.25, 0.3) is 0 Å². The fraction of sp³-hybridized carbons (Fsp3) is 0.533. The molecule has 0 heterocycles. The molecule has 1 aromatic carbocycles. The fourth-order valence-electron chi connectivity index (χ4n) is 1.87. The van der Waals surface area contributed by atoms with Crippen LogP contribution in [0.15, 0.2) is 24.3 Å². The van der Waals surface area contributed by atoms with Crippen LogP contribution in [0.2, 0.25) is 0 Å². The first-order valence-electron chi connectivity index (χ1n) is 6.96. The summed E-state index contributed by atoms with van der Waals surface area (Å²) in [5, 5.41) is 8.89. The number of hydrogen-bond donors (Lipinski definition) is 1. The molecular weight excluding hydrogens is 342 g/mol. The predicted octanol–water partition coefficient (Wildman–Crippen LogP) is 4.10. The Morgan fingerprint density at radius 1 is 1.17 bits per heavy atom. The Morgan fingerprint density at radius 2 is 1.71 bits per heavy atom. The smallest absolute Gasteiger partial charge is 0.437 e. The first kappa shape index (κ1) is 20.3. The monoisotopic (exact) mass is 358 g/mol. The Balaban J connectivity index is 2.95. The van der Waals surface area contributed by atoms with E-state index >= 15 is 0 Å². The van der Waals surface area contributed by atoms with E-state index in [-0.39, 0.29) is 11.5 Å². The summed E-state index contributed by atoms with van der Waals surface area (Å²) in [4.78, 5) is 11.3. The summed E-state index contributed by atoms with van der Waals surface area (Å²) in [6.45, 7) is 2.97. The summed E-state index contributed by atoms with van der Waals surface area (Å²) >= 11 is 0. The molecule has 0 amide bonds. The van der Waals surface area contributed by atoms with Gasteiger partial charge in [-0.25, -0.2) is 4.79 Å². The number of rotatable bonds is 5. The van der Waals surface area contributed by atoms with Crippen LogP contribution in [0.1, 0.15) is 37.3 Å². The Bertz CT molecular complexity index is 565. The van der Waals surface area contributed by atoms with Crippen LogP contribution >= 0.6 is 0 Å². The Kier molecular flexibility index (Phi) is 5.91. The van der Waals surface area contributed by atoms with E-state index in [9.17, 15) is 31.1 Å². The second-order valence-electron chi connectivity index (χ2n) is 5.34. The third-order valence-electron chi connectivity index (χ3n) is 3.62. The van der Waals surface area contributed by atoms with Gasteiger partial charge in [-0.15, -0.1) is 0 Å². The molecule has 1 N–H and O–H groups in total. The first-order valence-corrected chi connectivity index (χ1v) is 6.96. The lowest BCUT2D eigenvalue weighted by Gasteiger charge is -2.29. The van der Waals surface area contributed by atoms with Crippen molar-refractivity contribution in [2.45, 2.75) is 50.7 Å². The van der Waals surface area contributed by atoms with Gasteiger partial charge in [0.15, 0.2) is 0 Å². The number of esters is 1. The lowest BCUT2D eigenvalue weighted by molar-refractivity contribution is -0.357. The third-order valence-corrected chi connectivity index (χ3v) is 3.62. The highest BCUT2D eigenvalue weighted by Gasteiger charge is 2.76. The number of ether oxygens (including phenoxy) is 1. The van der Waals surface area contributed by atoms with Crippen molar-refractivity contribution >= 4 is 5.97 Å². The van der Waals surface area contributed by atoms with E-state index in [1.807, 2.05) is 13.8 Å². The molecule has 0 fully saturated rings. The van der Waals surface area contributed by atoms with Gasteiger partial charge in [0.1, 0.15) is 6.61 Å². The molecule has 9 heteroatoms. The Morgan fingerprint density at radius 3 is 2.17 bits per heavy atom. The molecule has 136 valence electrons. The molecule has 0 spiro atoms. The summed E-state index contributed by atoms with van der Waals surface area (Å²) in [5.41, 5.74) is -4.55. The maximum absolute atomic E-state index is 12.5. The van der Waals surface area contributed by atoms with Crippen LogP contribution < -0.4 is 0 Å². The molecule has 0 saturated carbocycles. The van der Waals surface area contributed by atoms with Gasteiger partial charge in [0, 0.05) is 0 Å². The first-order chi connectivity index (χ1) is 10.8. The van der Waals surface area contributed by atoms with E-state index in [1.165, 1.54) is 12.1 Å². The molecule has 1 unspecified atom stereocenters. The van der Waals surface area contributed by atoms with E-state index in [0.29, 0.717) is 0 Å². The van der Waals surface area contributed by atoms with Gasteiger partial charge in [0.05, 0.1) is 0 Å². The minimum absolute atomic E-state index is 0.114. The molecule has 0 aliphatic heterocycles. The number of carbonyl (C=O) groups excluding carboxylic acids is 1. The maximum Gasteiger partial charge on any atom is 0.437 e. The molecule has 1 atom stereocenters. The van der Waals surface area contributed by atoms with Gasteiger partial charge in [-0.1, -0.05) is 38.1 Å². The highest BCUT2D eigenvalue weighted by atomic mass is 19.4. The average molecular weight is 358 g/mol. The quantitative estimate of drug-likeness (QED) is 0.637. The van der Waals surface area contributed by atoms with Crippen molar-refractivity contribution in [1.82, 2.24) is 0 Å². The summed E-state index contributed by atoms with van der Waals surface area (Å²) < 4.78 is 79.2. The Hall–Kier alpha value is -1.77.